The van der Waals surface area contributed by atoms with Gasteiger partial charge in [0.05, 0.1) is 11.0 Å². The summed E-state index contributed by atoms with van der Waals surface area (Å²) >= 11 is 3.23. The normalized spacial score (nSPS) is 12.3. The first-order valence-corrected chi connectivity index (χ1v) is 5.35. The van der Waals surface area contributed by atoms with E-state index in [0.717, 1.165) is 4.47 Å². The number of hydrogen-bond donors (Lipinski definition) is 0. The summed E-state index contributed by atoms with van der Waals surface area (Å²) in [6, 6.07) is 5.09. The minimum atomic E-state index is -4.24. The molecule has 0 unspecified atom stereocenters. The number of alkyl halides is 3. The van der Waals surface area contributed by atoms with Gasteiger partial charge >= 0.3 is 6.18 Å². The van der Waals surface area contributed by atoms with Crippen LogP contribution in [0.1, 0.15) is 5.82 Å². The summed E-state index contributed by atoms with van der Waals surface area (Å²) in [5, 5.41) is 0. The van der Waals surface area contributed by atoms with Gasteiger partial charge in [-0.2, -0.15) is 13.2 Å². The fourth-order valence-corrected chi connectivity index (χ4v) is 1.94. The fourth-order valence-electron chi connectivity index (χ4n) is 1.60. The predicted octanol–water partition coefficient (Wildman–Crippen LogP) is 3.67. The van der Waals surface area contributed by atoms with Gasteiger partial charge in [0.25, 0.3) is 0 Å². The largest absolute Gasteiger partial charge is 0.406 e. The number of nitrogens with zero attached hydrogens (tertiary/aromatic N) is 2. The van der Waals surface area contributed by atoms with Gasteiger partial charge in [0, 0.05) is 4.47 Å². The molecule has 86 valence electrons. The molecule has 0 amide bonds. The maximum Gasteiger partial charge on any atom is 0.406 e. The van der Waals surface area contributed by atoms with E-state index in [1.165, 1.54) is 4.57 Å². The molecule has 2 rings (SSSR count). The van der Waals surface area contributed by atoms with E-state index in [9.17, 15) is 13.2 Å². The lowest BCUT2D eigenvalue weighted by atomic mass is 10.3. The SMILES string of the molecule is Cc1nc2ccc(Br)cc2n1CC(F)(F)F. The first-order chi connectivity index (χ1) is 7.37. The van der Waals surface area contributed by atoms with E-state index in [-0.39, 0.29) is 0 Å². The average Bonchev–Trinajstić information content (AvgIpc) is 2.42. The van der Waals surface area contributed by atoms with Crippen molar-refractivity contribution in [2.75, 3.05) is 0 Å². The molecule has 0 atom stereocenters. The van der Waals surface area contributed by atoms with Gasteiger partial charge in [-0.05, 0) is 25.1 Å². The first-order valence-electron chi connectivity index (χ1n) is 4.56. The van der Waals surface area contributed by atoms with Crippen LogP contribution in [-0.2, 0) is 6.54 Å². The Kier molecular flexibility index (Phi) is 2.69. The number of fused-ring (bicyclic) bond motifs is 1. The third-order valence-corrected chi connectivity index (χ3v) is 2.73. The van der Waals surface area contributed by atoms with Gasteiger partial charge in [-0.25, -0.2) is 4.98 Å². The highest BCUT2D eigenvalue weighted by Crippen LogP contribution is 2.25. The average molecular weight is 293 g/mol. The van der Waals surface area contributed by atoms with E-state index >= 15 is 0 Å². The number of aromatic nitrogens is 2. The van der Waals surface area contributed by atoms with Crippen LogP contribution in [0.25, 0.3) is 11.0 Å². The van der Waals surface area contributed by atoms with Crippen molar-refractivity contribution in [3.8, 4) is 0 Å². The molecule has 0 aliphatic carbocycles. The number of rotatable bonds is 1. The van der Waals surface area contributed by atoms with Crippen LogP contribution >= 0.6 is 15.9 Å². The lowest BCUT2D eigenvalue weighted by molar-refractivity contribution is -0.140. The molecule has 2 nitrogen and oxygen atoms in total. The minimum Gasteiger partial charge on any atom is -0.319 e. The smallest absolute Gasteiger partial charge is 0.319 e. The van der Waals surface area contributed by atoms with Crippen molar-refractivity contribution in [2.45, 2.75) is 19.6 Å². The molecule has 0 bridgehead atoms. The van der Waals surface area contributed by atoms with Gasteiger partial charge in [0.15, 0.2) is 0 Å². The second-order valence-corrected chi connectivity index (χ2v) is 4.41. The quantitative estimate of drug-likeness (QED) is 0.784. The topological polar surface area (TPSA) is 17.8 Å². The second kappa shape index (κ2) is 3.76. The monoisotopic (exact) mass is 292 g/mol. The summed E-state index contributed by atoms with van der Waals surface area (Å²) < 4.78 is 39.0. The Morgan fingerprint density at radius 1 is 1.38 bits per heavy atom. The van der Waals surface area contributed by atoms with E-state index in [0.29, 0.717) is 16.9 Å². The van der Waals surface area contributed by atoms with Gasteiger partial charge in [0.2, 0.25) is 0 Å². The molecule has 0 aliphatic rings. The van der Waals surface area contributed by atoms with Gasteiger partial charge in [-0.1, -0.05) is 15.9 Å². The van der Waals surface area contributed by atoms with E-state index < -0.39 is 12.7 Å². The molecule has 0 N–H and O–H groups in total. The fraction of sp³-hybridized carbons (Fsp3) is 0.300. The molecule has 2 aromatic rings. The van der Waals surface area contributed by atoms with Crippen LogP contribution in [0.15, 0.2) is 22.7 Å². The Morgan fingerprint density at radius 3 is 2.69 bits per heavy atom. The van der Waals surface area contributed by atoms with Gasteiger partial charge < -0.3 is 4.57 Å². The van der Waals surface area contributed by atoms with Crippen molar-refractivity contribution in [2.24, 2.45) is 0 Å². The maximum absolute atomic E-state index is 12.4. The molecule has 1 heterocycles. The molecule has 1 aromatic carbocycles. The number of hydrogen-bond acceptors (Lipinski definition) is 1. The number of benzene rings is 1. The highest BCUT2D eigenvalue weighted by Gasteiger charge is 2.29. The van der Waals surface area contributed by atoms with Crippen LogP contribution in [-0.4, -0.2) is 15.7 Å². The molecule has 0 aliphatic heterocycles. The zero-order chi connectivity index (χ0) is 11.9. The van der Waals surface area contributed by atoms with E-state index in [1.807, 2.05) is 0 Å². The van der Waals surface area contributed by atoms with E-state index in [1.54, 1.807) is 25.1 Å². The van der Waals surface area contributed by atoms with Crippen molar-refractivity contribution >= 4 is 27.0 Å². The van der Waals surface area contributed by atoms with Gasteiger partial charge in [0.1, 0.15) is 12.4 Å². The second-order valence-electron chi connectivity index (χ2n) is 3.49. The summed E-state index contributed by atoms with van der Waals surface area (Å²) in [6.45, 7) is 0.561. The molecule has 0 saturated heterocycles. The van der Waals surface area contributed by atoms with Crippen molar-refractivity contribution in [3.05, 3.63) is 28.5 Å². The van der Waals surface area contributed by atoms with Crippen molar-refractivity contribution in [1.29, 1.82) is 0 Å². The Balaban J connectivity index is 2.58. The summed E-state index contributed by atoms with van der Waals surface area (Å²) in [4.78, 5) is 4.08. The molecule has 1 aromatic heterocycles. The predicted molar refractivity (Wildman–Crippen MR) is 58.2 cm³/mol. The number of aryl methyl sites for hydroxylation is 1. The molecular weight excluding hydrogens is 285 g/mol. The van der Waals surface area contributed by atoms with E-state index in [2.05, 4.69) is 20.9 Å². The van der Waals surface area contributed by atoms with E-state index in [4.69, 9.17) is 0 Å². The molecule has 0 spiro atoms. The van der Waals surface area contributed by atoms with Crippen LogP contribution in [0.4, 0.5) is 13.2 Å². The Labute approximate surface area is 98.2 Å². The van der Waals surface area contributed by atoms with Crippen LogP contribution in [0, 0.1) is 6.92 Å². The molecule has 0 saturated carbocycles. The highest BCUT2D eigenvalue weighted by atomic mass is 79.9. The Bertz CT molecular complexity index is 531. The lowest BCUT2D eigenvalue weighted by Gasteiger charge is -2.10. The summed E-state index contributed by atoms with van der Waals surface area (Å²) in [7, 11) is 0. The lowest BCUT2D eigenvalue weighted by Crippen LogP contribution is -2.18. The van der Waals surface area contributed by atoms with Crippen molar-refractivity contribution in [1.82, 2.24) is 9.55 Å². The van der Waals surface area contributed by atoms with Crippen LogP contribution in [0.2, 0.25) is 0 Å². The van der Waals surface area contributed by atoms with Crippen molar-refractivity contribution in [3.63, 3.8) is 0 Å². The maximum atomic E-state index is 12.4. The third kappa shape index (κ3) is 2.21. The molecule has 0 radical (unpaired) electrons. The summed E-state index contributed by atoms with van der Waals surface area (Å²) in [5.41, 5.74) is 1.06. The van der Waals surface area contributed by atoms with Crippen molar-refractivity contribution < 1.29 is 13.2 Å². The summed E-state index contributed by atoms with van der Waals surface area (Å²) in [5.74, 6) is 0.366. The number of imidazole rings is 1. The van der Waals surface area contributed by atoms with Gasteiger partial charge in [-0.15, -0.1) is 0 Å². The molecule has 16 heavy (non-hydrogen) atoms. The Hall–Kier alpha value is -1.04. The van der Waals surface area contributed by atoms with Crippen LogP contribution in [0.3, 0.4) is 0 Å². The summed E-state index contributed by atoms with van der Waals surface area (Å²) in [6.07, 6.45) is -4.24. The molecule has 0 fully saturated rings. The zero-order valence-electron chi connectivity index (χ0n) is 8.35. The zero-order valence-corrected chi connectivity index (χ0v) is 9.93. The number of halogens is 4. The first kappa shape index (κ1) is 11.4. The molecule has 6 heteroatoms. The van der Waals surface area contributed by atoms with Crippen LogP contribution < -0.4 is 0 Å². The standard InChI is InChI=1S/C10H8BrF3N2/c1-6-15-8-3-2-7(11)4-9(8)16(6)5-10(12,13)14/h2-4H,5H2,1H3. The Morgan fingerprint density at radius 2 is 2.06 bits per heavy atom. The third-order valence-electron chi connectivity index (χ3n) is 2.24. The minimum absolute atomic E-state index is 0.366. The highest BCUT2D eigenvalue weighted by molar-refractivity contribution is 9.10. The van der Waals surface area contributed by atoms with Crippen LogP contribution in [0.5, 0.6) is 0 Å². The molecular formula is C10H8BrF3N2. The van der Waals surface area contributed by atoms with Gasteiger partial charge in [-0.3, -0.25) is 0 Å².